The third-order valence-corrected chi connectivity index (χ3v) is 2.26. The fraction of sp³-hybridized carbons (Fsp3) is 0.667. The van der Waals surface area contributed by atoms with Crippen molar-refractivity contribution in [3.05, 3.63) is 0 Å². The number of rotatable bonds is 2. The number of aliphatic carboxylic acids is 1. The Morgan fingerprint density at radius 2 is 2.00 bits per heavy atom. The molecular formula is C3H8AsO4+. The average molecular weight is 183 g/mol. The summed E-state index contributed by atoms with van der Waals surface area (Å²) in [6.45, 7) is 0. The molecule has 0 aromatic heterocycles. The summed E-state index contributed by atoms with van der Waals surface area (Å²) < 4.78 is 17.1. The van der Waals surface area contributed by atoms with Gasteiger partial charge in [-0.15, -0.1) is 0 Å². The van der Waals surface area contributed by atoms with Gasteiger partial charge in [0, 0.05) is 0 Å². The van der Waals surface area contributed by atoms with E-state index in [9.17, 15) is 4.79 Å². The first kappa shape index (κ1) is 7.95. The first-order valence-electron chi connectivity index (χ1n) is 1.94. The van der Waals surface area contributed by atoms with Crippen molar-refractivity contribution < 1.29 is 18.1 Å². The molecule has 0 rings (SSSR count). The third-order valence-electron chi connectivity index (χ3n) is 0.435. The van der Waals surface area contributed by atoms with E-state index in [1.165, 1.54) is 5.71 Å². The van der Waals surface area contributed by atoms with E-state index in [0.29, 0.717) is 0 Å². The van der Waals surface area contributed by atoms with E-state index >= 15 is 0 Å². The summed E-state index contributed by atoms with van der Waals surface area (Å²) in [6.07, 6.45) is 0. The quantitative estimate of drug-likeness (QED) is 0.486. The maximum atomic E-state index is 9.74. The van der Waals surface area contributed by atoms with Gasteiger partial charge in [0.2, 0.25) is 0 Å². The van der Waals surface area contributed by atoms with Gasteiger partial charge in [-0.25, -0.2) is 0 Å². The van der Waals surface area contributed by atoms with Crippen LogP contribution >= 0.6 is 0 Å². The number of carbonyl (C=O) groups is 1. The van der Waals surface area contributed by atoms with Gasteiger partial charge in [-0.3, -0.25) is 0 Å². The van der Waals surface area contributed by atoms with Gasteiger partial charge < -0.3 is 0 Å². The molecule has 0 unspecified atom stereocenters. The average Bonchev–Trinajstić information content (AvgIpc) is 1.21. The zero-order chi connectivity index (χ0) is 6.78. The molecule has 3 N–H and O–H groups in total. The van der Waals surface area contributed by atoms with E-state index in [1.807, 2.05) is 0 Å². The summed E-state index contributed by atoms with van der Waals surface area (Å²) in [4.78, 5) is 9.74. The minimum absolute atomic E-state index is 0.474. The topological polar surface area (TPSA) is 77.8 Å². The van der Waals surface area contributed by atoms with E-state index in [2.05, 4.69) is 0 Å². The zero-order valence-electron chi connectivity index (χ0n) is 4.40. The van der Waals surface area contributed by atoms with Crippen LogP contribution < -0.4 is 0 Å². The van der Waals surface area contributed by atoms with E-state index in [0.717, 1.165) is 0 Å². The van der Waals surface area contributed by atoms with Crippen molar-refractivity contribution in [3.8, 4) is 0 Å². The molecule has 0 bridgehead atoms. The van der Waals surface area contributed by atoms with Gasteiger partial charge in [0.25, 0.3) is 0 Å². The van der Waals surface area contributed by atoms with Crippen molar-refractivity contribution in [1.82, 2.24) is 0 Å². The Bertz CT molecular complexity index is 93.9. The second-order valence-electron chi connectivity index (χ2n) is 1.64. The molecule has 0 heterocycles. The Labute approximate surface area is 49.9 Å². The molecular weight excluding hydrogens is 175 g/mol. The van der Waals surface area contributed by atoms with Crippen LogP contribution in [-0.4, -0.2) is 33.5 Å². The number of carboxylic acid groups (broad SMARTS) is 1. The summed E-state index contributed by atoms with van der Waals surface area (Å²) >= 11 is -3.61. The van der Waals surface area contributed by atoms with Crippen molar-refractivity contribution in [1.29, 1.82) is 0 Å². The van der Waals surface area contributed by atoms with Crippen molar-refractivity contribution in [2.75, 3.05) is 0 Å². The van der Waals surface area contributed by atoms with Crippen LogP contribution in [0.1, 0.15) is 0 Å². The van der Waals surface area contributed by atoms with Crippen LogP contribution in [0.15, 0.2) is 0 Å². The second kappa shape index (κ2) is 2.48. The monoisotopic (exact) mass is 183 g/mol. The predicted molar refractivity (Wildman–Crippen MR) is 28.5 cm³/mol. The fourth-order valence-electron chi connectivity index (χ4n) is 0.256. The molecule has 0 atom stereocenters. The Kier molecular flexibility index (Phi) is 2.47. The standard InChI is InChI=1S/C3H7AsO4/c1-4(7,8)2-3(5)6/h7-8H,2H2,1H3/p+1. The zero-order valence-corrected chi connectivity index (χ0v) is 6.28. The number of hydrogen-bond acceptors (Lipinski definition) is 3. The third kappa shape index (κ3) is 5.95. The molecule has 0 aliphatic carbocycles. The van der Waals surface area contributed by atoms with Crippen LogP contribution in [0.3, 0.4) is 0 Å². The summed E-state index contributed by atoms with van der Waals surface area (Å²) in [6, 6.07) is 0. The molecule has 5 heteroatoms. The Morgan fingerprint density at radius 1 is 1.62 bits per heavy atom. The van der Waals surface area contributed by atoms with Crippen LogP contribution in [0.5, 0.6) is 0 Å². The number of hydrogen-bond donors (Lipinski definition) is 3. The normalized spacial score (nSPS) is 11.4. The van der Waals surface area contributed by atoms with Gasteiger partial charge in [0.15, 0.2) is 0 Å². The molecule has 0 aliphatic heterocycles. The van der Waals surface area contributed by atoms with E-state index in [-0.39, 0.29) is 0 Å². The maximum absolute atomic E-state index is 9.74. The van der Waals surface area contributed by atoms with Gasteiger partial charge in [-0.05, 0) is 0 Å². The molecule has 0 fully saturated rings. The Morgan fingerprint density at radius 3 is 2.00 bits per heavy atom. The van der Waals surface area contributed by atoms with Crippen LogP contribution in [0.2, 0.25) is 10.9 Å². The molecule has 0 saturated heterocycles. The first-order valence-corrected chi connectivity index (χ1v) is 6.83. The number of carboxylic acids is 1. The van der Waals surface area contributed by atoms with Crippen LogP contribution in [0.4, 0.5) is 0 Å². The molecule has 0 saturated carbocycles. The minimum atomic E-state index is -3.61. The summed E-state index contributed by atoms with van der Waals surface area (Å²) in [5.74, 6) is -1.15. The van der Waals surface area contributed by atoms with Gasteiger partial charge in [-0.1, -0.05) is 0 Å². The molecule has 0 aromatic rings. The van der Waals surface area contributed by atoms with Crippen molar-refractivity contribution in [3.63, 3.8) is 0 Å². The molecule has 4 nitrogen and oxygen atoms in total. The fourth-order valence-corrected chi connectivity index (χ4v) is 1.33. The summed E-state index contributed by atoms with van der Waals surface area (Å²) in [7, 11) is 0. The van der Waals surface area contributed by atoms with E-state index in [1.54, 1.807) is 0 Å². The summed E-state index contributed by atoms with van der Waals surface area (Å²) in [5.41, 5.74) is 1.19. The first-order chi connectivity index (χ1) is 3.42. The predicted octanol–water partition coefficient (Wildman–Crippen LogP) is -0.872. The van der Waals surface area contributed by atoms with Crippen LogP contribution in [0, 0.1) is 0 Å². The molecule has 8 heavy (non-hydrogen) atoms. The van der Waals surface area contributed by atoms with E-state index in [4.69, 9.17) is 13.3 Å². The van der Waals surface area contributed by atoms with Gasteiger partial charge >= 0.3 is 49.2 Å². The molecule has 0 radical (unpaired) electrons. The van der Waals surface area contributed by atoms with Crippen molar-refractivity contribution in [2.24, 2.45) is 0 Å². The molecule has 0 amide bonds. The Balaban J connectivity index is 3.55. The van der Waals surface area contributed by atoms with Crippen molar-refractivity contribution in [2.45, 2.75) is 10.9 Å². The molecule has 0 aliphatic rings. The van der Waals surface area contributed by atoms with Gasteiger partial charge in [-0.2, -0.15) is 0 Å². The van der Waals surface area contributed by atoms with Crippen LogP contribution in [-0.2, 0) is 4.79 Å². The second-order valence-corrected chi connectivity index (χ2v) is 6.87. The van der Waals surface area contributed by atoms with Crippen molar-refractivity contribution >= 4 is 20.2 Å². The molecule has 0 spiro atoms. The Hall–Kier alpha value is -0.0516. The van der Waals surface area contributed by atoms with Crippen LogP contribution in [0.25, 0.3) is 0 Å². The van der Waals surface area contributed by atoms with Gasteiger partial charge in [0.05, 0.1) is 0 Å². The summed E-state index contributed by atoms with van der Waals surface area (Å²) in [5, 5.41) is 7.50. The SMILES string of the molecule is C[As+](O)(O)CC(=O)O. The van der Waals surface area contributed by atoms with E-state index < -0.39 is 25.4 Å². The molecule has 48 valence electrons. The molecule has 0 aromatic carbocycles. The van der Waals surface area contributed by atoms with Gasteiger partial charge in [0.1, 0.15) is 0 Å².